The van der Waals surface area contributed by atoms with E-state index in [1.807, 2.05) is 0 Å². The number of anilines is 2. The first-order chi connectivity index (χ1) is 17.3. The van der Waals surface area contributed by atoms with Gasteiger partial charge in [-0.05, 0) is 37.1 Å². The van der Waals surface area contributed by atoms with E-state index in [9.17, 15) is 9.59 Å². The van der Waals surface area contributed by atoms with Crippen LogP contribution in [0.15, 0.2) is 24.3 Å². The van der Waals surface area contributed by atoms with E-state index in [2.05, 4.69) is 20.6 Å². The monoisotopic (exact) mass is 602 g/mol. The molecule has 190 valence electrons. The van der Waals surface area contributed by atoms with Gasteiger partial charge in [0.1, 0.15) is 11.0 Å². The molecule has 0 atom stereocenters. The van der Waals surface area contributed by atoms with E-state index in [-0.39, 0.29) is 11.8 Å². The van der Waals surface area contributed by atoms with Crippen molar-refractivity contribution in [3.8, 4) is 0 Å². The first-order valence-electron chi connectivity index (χ1n) is 11.4. The summed E-state index contributed by atoms with van der Waals surface area (Å²) in [6.07, 6.45) is 6.36. The summed E-state index contributed by atoms with van der Waals surface area (Å²) < 4.78 is 1.53. The number of nitrogens with zero attached hydrogens (tertiary/aromatic N) is 2. The normalized spacial score (nSPS) is 11.3. The SMILES string of the molecule is O=C(CCCCCCCCC(=O)Nc1nc2c(Cl)ccc(Cl)c2s1)Nc1nc2c(Cl)ccc(Cl)c2s1. The van der Waals surface area contributed by atoms with Gasteiger partial charge in [0.25, 0.3) is 0 Å². The van der Waals surface area contributed by atoms with Crippen LogP contribution in [-0.4, -0.2) is 21.8 Å². The zero-order valence-corrected chi connectivity index (χ0v) is 23.7. The number of thiazole rings is 2. The highest BCUT2D eigenvalue weighted by Gasteiger charge is 2.14. The standard InChI is InChI=1S/C24H22Cl4N4O2S2/c25-13-9-11-15(27)21-19(13)31-23(35-21)29-17(33)7-5-3-1-2-4-6-8-18(34)30-24-32-20-14(26)10-12-16(28)22(20)36-24/h9-12H,1-8H2,(H,29,31,33)(H,30,32,34). The number of carbonyl (C=O) groups excluding carboxylic acids is 2. The second kappa shape index (κ2) is 12.7. The Labute approximate surface area is 236 Å². The lowest BCUT2D eigenvalue weighted by Gasteiger charge is -2.03. The summed E-state index contributed by atoms with van der Waals surface area (Å²) in [5.41, 5.74) is 1.21. The molecule has 2 aromatic heterocycles. The Hall–Kier alpha value is -1.68. The van der Waals surface area contributed by atoms with Crippen molar-refractivity contribution in [1.82, 2.24) is 9.97 Å². The zero-order valence-electron chi connectivity index (χ0n) is 19.0. The van der Waals surface area contributed by atoms with Gasteiger partial charge in [0, 0.05) is 12.8 Å². The number of carbonyl (C=O) groups is 2. The zero-order chi connectivity index (χ0) is 25.7. The van der Waals surface area contributed by atoms with Crippen molar-refractivity contribution < 1.29 is 9.59 Å². The number of rotatable bonds is 11. The van der Waals surface area contributed by atoms with Crippen LogP contribution in [0.1, 0.15) is 51.4 Å². The summed E-state index contributed by atoms with van der Waals surface area (Å²) in [7, 11) is 0. The topological polar surface area (TPSA) is 84.0 Å². The van der Waals surface area contributed by atoms with Gasteiger partial charge in [0.2, 0.25) is 11.8 Å². The van der Waals surface area contributed by atoms with Gasteiger partial charge in [-0.1, -0.05) is 94.8 Å². The van der Waals surface area contributed by atoms with Crippen LogP contribution in [0.4, 0.5) is 10.3 Å². The molecule has 6 nitrogen and oxygen atoms in total. The molecule has 0 fully saturated rings. The lowest BCUT2D eigenvalue weighted by molar-refractivity contribution is -0.117. The fourth-order valence-corrected chi connectivity index (χ4v) is 6.51. The predicted molar refractivity (Wildman–Crippen MR) is 153 cm³/mol. The van der Waals surface area contributed by atoms with E-state index in [1.54, 1.807) is 24.3 Å². The largest absolute Gasteiger partial charge is 0.302 e. The van der Waals surface area contributed by atoms with Gasteiger partial charge in [-0.25, -0.2) is 9.97 Å². The predicted octanol–water partition coefficient (Wildman–Crippen LogP) is 9.22. The molecule has 0 unspecified atom stereocenters. The van der Waals surface area contributed by atoms with Crippen LogP contribution < -0.4 is 10.6 Å². The van der Waals surface area contributed by atoms with Crippen LogP contribution in [0.5, 0.6) is 0 Å². The minimum atomic E-state index is -0.0737. The molecule has 0 spiro atoms. The summed E-state index contributed by atoms with van der Waals surface area (Å²) >= 11 is 27.3. The van der Waals surface area contributed by atoms with Crippen LogP contribution in [0.25, 0.3) is 20.4 Å². The van der Waals surface area contributed by atoms with E-state index in [0.29, 0.717) is 54.2 Å². The Kier molecular flexibility index (Phi) is 9.66. The van der Waals surface area contributed by atoms with Crippen molar-refractivity contribution in [2.24, 2.45) is 0 Å². The molecule has 4 rings (SSSR count). The molecule has 0 aliphatic carbocycles. The molecule has 0 saturated heterocycles. The van der Waals surface area contributed by atoms with Gasteiger partial charge in [0.15, 0.2) is 10.3 Å². The van der Waals surface area contributed by atoms with Gasteiger partial charge in [0.05, 0.1) is 29.5 Å². The van der Waals surface area contributed by atoms with Gasteiger partial charge < -0.3 is 10.6 Å². The van der Waals surface area contributed by atoms with E-state index in [4.69, 9.17) is 46.4 Å². The quantitative estimate of drug-likeness (QED) is 0.167. The van der Waals surface area contributed by atoms with Crippen molar-refractivity contribution in [1.29, 1.82) is 0 Å². The molecule has 4 aromatic rings. The van der Waals surface area contributed by atoms with E-state index < -0.39 is 0 Å². The highest BCUT2D eigenvalue weighted by molar-refractivity contribution is 7.23. The van der Waals surface area contributed by atoms with Gasteiger partial charge in [-0.2, -0.15) is 0 Å². The molecule has 2 N–H and O–H groups in total. The van der Waals surface area contributed by atoms with Crippen LogP contribution in [0.3, 0.4) is 0 Å². The van der Waals surface area contributed by atoms with Gasteiger partial charge in [-0.3, -0.25) is 9.59 Å². The van der Waals surface area contributed by atoms with Crippen molar-refractivity contribution >= 4 is 112 Å². The minimum absolute atomic E-state index is 0.0737. The second-order valence-corrected chi connectivity index (χ2v) is 11.8. The maximum absolute atomic E-state index is 12.2. The highest BCUT2D eigenvalue weighted by atomic mass is 35.5. The molecule has 0 aliphatic rings. The second-order valence-electron chi connectivity index (χ2n) is 8.17. The molecule has 2 aromatic carbocycles. The number of unbranched alkanes of at least 4 members (excludes halogenated alkanes) is 5. The number of amides is 2. The highest BCUT2D eigenvalue weighted by Crippen LogP contribution is 2.37. The number of benzene rings is 2. The van der Waals surface area contributed by atoms with Crippen molar-refractivity contribution in [2.45, 2.75) is 51.4 Å². The van der Waals surface area contributed by atoms with Crippen molar-refractivity contribution in [2.75, 3.05) is 10.6 Å². The number of aromatic nitrogens is 2. The smallest absolute Gasteiger partial charge is 0.226 e. The Balaban J connectivity index is 1.08. The molecular weight excluding hydrogens is 582 g/mol. The lowest BCUT2D eigenvalue weighted by atomic mass is 10.1. The molecule has 2 heterocycles. The summed E-state index contributed by atoms with van der Waals surface area (Å²) in [6, 6.07) is 6.83. The molecule has 12 heteroatoms. The van der Waals surface area contributed by atoms with Crippen LogP contribution in [0, 0.1) is 0 Å². The number of nitrogens with one attached hydrogen (secondary N) is 2. The molecule has 0 bridgehead atoms. The van der Waals surface area contributed by atoms with Crippen molar-refractivity contribution in [3.05, 3.63) is 44.4 Å². The third kappa shape index (κ3) is 7.00. The average molecular weight is 604 g/mol. The fourth-order valence-electron chi connectivity index (χ4n) is 3.64. The Morgan fingerprint density at radius 3 is 1.36 bits per heavy atom. The Bertz CT molecular complexity index is 1220. The summed E-state index contributed by atoms with van der Waals surface area (Å²) in [5, 5.41) is 8.82. The third-order valence-corrected chi connectivity index (χ3v) is 8.92. The molecule has 0 saturated carbocycles. The first kappa shape index (κ1) is 27.4. The molecule has 0 aliphatic heterocycles. The summed E-state index contributed by atoms with van der Waals surface area (Å²) in [5.74, 6) is -0.147. The number of hydrogen-bond donors (Lipinski definition) is 2. The third-order valence-electron chi connectivity index (χ3n) is 5.44. The minimum Gasteiger partial charge on any atom is -0.302 e. The van der Waals surface area contributed by atoms with E-state index in [1.165, 1.54) is 22.7 Å². The fraction of sp³-hybridized carbons (Fsp3) is 0.333. The van der Waals surface area contributed by atoms with Crippen molar-refractivity contribution in [3.63, 3.8) is 0 Å². The lowest BCUT2D eigenvalue weighted by Crippen LogP contribution is -2.11. The first-order valence-corrected chi connectivity index (χ1v) is 14.5. The Morgan fingerprint density at radius 2 is 0.972 bits per heavy atom. The number of hydrogen-bond acceptors (Lipinski definition) is 6. The van der Waals surface area contributed by atoms with E-state index >= 15 is 0 Å². The van der Waals surface area contributed by atoms with Crippen LogP contribution >= 0.6 is 69.1 Å². The Morgan fingerprint density at radius 1 is 0.611 bits per heavy atom. The molecule has 0 radical (unpaired) electrons. The average Bonchev–Trinajstić information content (AvgIpc) is 3.46. The molecular formula is C24H22Cl4N4O2S2. The van der Waals surface area contributed by atoms with Crippen LogP contribution in [0.2, 0.25) is 20.1 Å². The van der Waals surface area contributed by atoms with Gasteiger partial charge in [-0.15, -0.1) is 0 Å². The maximum atomic E-state index is 12.2. The number of fused-ring (bicyclic) bond motifs is 2. The molecule has 2 amide bonds. The summed E-state index contributed by atoms with van der Waals surface area (Å²) in [4.78, 5) is 33.2. The van der Waals surface area contributed by atoms with Crippen LogP contribution in [-0.2, 0) is 9.59 Å². The summed E-state index contributed by atoms with van der Waals surface area (Å²) in [6.45, 7) is 0. The van der Waals surface area contributed by atoms with Gasteiger partial charge >= 0.3 is 0 Å². The molecule has 36 heavy (non-hydrogen) atoms. The maximum Gasteiger partial charge on any atom is 0.226 e. The number of halogens is 4. The van der Waals surface area contributed by atoms with E-state index in [0.717, 1.165) is 47.9 Å².